The van der Waals surface area contributed by atoms with Gasteiger partial charge in [0, 0.05) is 6.42 Å². The molecule has 0 aromatic rings. The van der Waals surface area contributed by atoms with Crippen molar-refractivity contribution in [1.29, 1.82) is 0 Å². The zero-order valence-corrected chi connectivity index (χ0v) is 33.1. The lowest BCUT2D eigenvalue weighted by Gasteiger charge is -2.26. The van der Waals surface area contributed by atoms with Gasteiger partial charge in [0.2, 0.25) is 5.91 Å². The quantitative estimate of drug-likeness (QED) is 0.0260. The standard InChI is InChI=1S/C39H79N2O6P/c1-6-8-10-12-14-16-18-19-20-21-22-23-24-26-28-30-32-38(42)37(36-47-48(44,45)46-35-34-41(3,4)5)40-39(43)33-31-29-27-25-17-15-13-11-9-7-2/h13,15,37-38,42H,6-12,14,16-36H2,1-5H3,(H-,40,43,44,45)/p+1/b15-13-. The van der Waals surface area contributed by atoms with Gasteiger partial charge in [-0.3, -0.25) is 13.8 Å². The van der Waals surface area contributed by atoms with Gasteiger partial charge in [-0.05, 0) is 32.1 Å². The van der Waals surface area contributed by atoms with Crippen LogP contribution in [0.5, 0.6) is 0 Å². The molecule has 3 atom stereocenters. The summed E-state index contributed by atoms with van der Waals surface area (Å²) in [5.74, 6) is -0.159. The van der Waals surface area contributed by atoms with Crippen molar-refractivity contribution in [2.24, 2.45) is 0 Å². The fourth-order valence-electron chi connectivity index (χ4n) is 5.73. The van der Waals surface area contributed by atoms with Crippen LogP contribution in [0.3, 0.4) is 0 Å². The monoisotopic (exact) mass is 704 g/mol. The number of nitrogens with zero attached hydrogens (tertiary/aromatic N) is 1. The molecular formula is C39H80N2O6P+. The van der Waals surface area contributed by atoms with Crippen LogP contribution >= 0.6 is 7.82 Å². The Hall–Kier alpha value is -0.760. The van der Waals surface area contributed by atoms with E-state index in [4.69, 9.17) is 9.05 Å². The second-order valence-electron chi connectivity index (χ2n) is 15.0. The first-order chi connectivity index (χ1) is 23.0. The van der Waals surface area contributed by atoms with Crippen molar-refractivity contribution in [1.82, 2.24) is 5.32 Å². The predicted octanol–water partition coefficient (Wildman–Crippen LogP) is 10.4. The Balaban J connectivity index is 4.40. The van der Waals surface area contributed by atoms with Crippen molar-refractivity contribution >= 4 is 13.7 Å². The van der Waals surface area contributed by atoms with Gasteiger partial charge in [0.05, 0.1) is 39.9 Å². The van der Waals surface area contributed by atoms with E-state index in [1.807, 2.05) is 21.1 Å². The topological polar surface area (TPSA) is 105 Å². The third kappa shape index (κ3) is 33.7. The van der Waals surface area contributed by atoms with Crippen LogP contribution in [0.15, 0.2) is 12.2 Å². The molecule has 0 aromatic carbocycles. The van der Waals surface area contributed by atoms with E-state index in [0.29, 0.717) is 23.9 Å². The van der Waals surface area contributed by atoms with E-state index < -0.39 is 20.0 Å². The molecule has 0 aliphatic carbocycles. The maximum Gasteiger partial charge on any atom is 0.472 e. The highest BCUT2D eigenvalue weighted by Gasteiger charge is 2.28. The van der Waals surface area contributed by atoms with E-state index in [1.54, 1.807) is 0 Å². The Labute approximate surface area is 297 Å². The Bertz CT molecular complexity index is 804. The molecule has 9 heteroatoms. The summed E-state index contributed by atoms with van der Waals surface area (Å²) in [5.41, 5.74) is 0. The number of phosphoric ester groups is 1. The van der Waals surface area contributed by atoms with E-state index in [9.17, 15) is 19.4 Å². The van der Waals surface area contributed by atoms with E-state index in [-0.39, 0.29) is 19.1 Å². The first kappa shape index (κ1) is 47.2. The van der Waals surface area contributed by atoms with Crippen LogP contribution in [0.2, 0.25) is 0 Å². The van der Waals surface area contributed by atoms with Gasteiger partial charge in [-0.2, -0.15) is 0 Å². The molecule has 0 saturated carbocycles. The molecule has 8 nitrogen and oxygen atoms in total. The smallest absolute Gasteiger partial charge is 0.391 e. The SMILES string of the molecule is CCCC/C=C\CCCCCCC(=O)NC(COP(=O)(O)OCC[N+](C)(C)C)C(O)CCCCCCCCCCCCCCCCCC. The minimum absolute atomic E-state index is 0.0740. The summed E-state index contributed by atoms with van der Waals surface area (Å²) < 4.78 is 23.5. The molecular weight excluding hydrogens is 623 g/mol. The zero-order chi connectivity index (χ0) is 35.8. The average molecular weight is 704 g/mol. The molecule has 286 valence electrons. The Kier molecular flexibility index (Phi) is 31.7. The number of aliphatic hydroxyl groups excluding tert-OH is 1. The van der Waals surface area contributed by atoms with Crippen LogP contribution in [0.1, 0.15) is 181 Å². The summed E-state index contributed by atoms with van der Waals surface area (Å²) in [6.45, 7) is 4.83. The number of nitrogens with one attached hydrogen (secondary N) is 1. The fraction of sp³-hybridized carbons (Fsp3) is 0.923. The van der Waals surface area contributed by atoms with Crippen LogP contribution in [-0.4, -0.2) is 73.4 Å². The molecule has 1 amide bonds. The maximum atomic E-state index is 12.8. The average Bonchev–Trinajstić information content (AvgIpc) is 3.02. The van der Waals surface area contributed by atoms with E-state index >= 15 is 0 Å². The van der Waals surface area contributed by atoms with E-state index in [1.165, 1.54) is 96.3 Å². The summed E-state index contributed by atoms with van der Waals surface area (Å²) in [6, 6.07) is -0.760. The third-order valence-corrected chi connectivity index (χ3v) is 10.00. The number of hydrogen-bond donors (Lipinski definition) is 3. The summed E-state index contributed by atoms with van der Waals surface area (Å²) in [7, 11) is 1.61. The highest BCUT2D eigenvalue weighted by Crippen LogP contribution is 2.43. The van der Waals surface area contributed by atoms with Gasteiger partial charge in [0.15, 0.2) is 0 Å². The first-order valence-corrected chi connectivity index (χ1v) is 21.5. The van der Waals surface area contributed by atoms with Crippen molar-refractivity contribution in [2.45, 2.75) is 193 Å². The zero-order valence-electron chi connectivity index (χ0n) is 32.2. The van der Waals surface area contributed by atoms with Gasteiger partial charge >= 0.3 is 7.82 Å². The Morgan fingerprint density at radius 1 is 0.688 bits per heavy atom. The number of quaternary nitrogens is 1. The Morgan fingerprint density at radius 3 is 1.67 bits per heavy atom. The number of hydrogen-bond acceptors (Lipinski definition) is 5. The molecule has 0 rings (SSSR count). The minimum atomic E-state index is -4.30. The van der Waals surface area contributed by atoms with Gasteiger partial charge in [0.25, 0.3) is 0 Å². The van der Waals surface area contributed by atoms with E-state index in [0.717, 1.165) is 57.8 Å². The molecule has 3 N–H and O–H groups in total. The predicted molar refractivity (Wildman–Crippen MR) is 203 cm³/mol. The Morgan fingerprint density at radius 2 is 1.15 bits per heavy atom. The summed E-state index contributed by atoms with van der Waals surface area (Å²) in [6.07, 6.45) is 33.8. The van der Waals surface area contributed by atoms with Gasteiger partial charge in [-0.25, -0.2) is 4.57 Å². The van der Waals surface area contributed by atoms with Gasteiger partial charge in [0.1, 0.15) is 13.2 Å². The molecule has 3 unspecified atom stereocenters. The molecule has 0 aliphatic heterocycles. The van der Waals surface area contributed by atoms with Gasteiger partial charge in [-0.1, -0.05) is 154 Å². The molecule has 0 radical (unpaired) electrons. The molecule has 0 spiro atoms. The second kappa shape index (κ2) is 32.2. The highest BCUT2D eigenvalue weighted by molar-refractivity contribution is 7.47. The number of carbonyl (C=O) groups is 1. The van der Waals surface area contributed by atoms with Gasteiger partial charge < -0.3 is 19.8 Å². The molecule has 0 heterocycles. The number of rotatable bonds is 36. The van der Waals surface area contributed by atoms with Crippen LogP contribution in [0.4, 0.5) is 0 Å². The minimum Gasteiger partial charge on any atom is -0.391 e. The molecule has 0 bridgehead atoms. The first-order valence-electron chi connectivity index (χ1n) is 20.1. The number of aliphatic hydroxyl groups is 1. The molecule has 0 fully saturated rings. The maximum absolute atomic E-state index is 12.8. The van der Waals surface area contributed by atoms with Crippen LogP contribution in [-0.2, 0) is 18.4 Å². The number of carbonyl (C=O) groups excluding carboxylic acids is 1. The number of amides is 1. The summed E-state index contributed by atoms with van der Waals surface area (Å²) >= 11 is 0. The molecule has 0 saturated heterocycles. The van der Waals surface area contributed by atoms with Crippen molar-refractivity contribution in [3.05, 3.63) is 12.2 Å². The van der Waals surface area contributed by atoms with Crippen molar-refractivity contribution in [2.75, 3.05) is 40.9 Å². The number of unbranched alkanes of at least 4 members (excludes halogenated alkanes) is 21. The van der Waals surface area contributed by atoms with E-state index in [2.05, 4.69) is 31.3 Å². The lowest BCUT2D eigenvalue weighted by atomic mass is 10.0. The summed E-state index contributed by atoms with van der Waals surface area (Å²) in [4.78, 5) is 23.0. The highest BCUT2D eigenvalue weighted by atomic mass is 31.2. The number of phosphoric acid groups is 1. The van der Waals surface area contributed by atoms with Crippen LogP contribution < -0.4 is 5.32 Å². The molecule has 0 aliphatic rings. The molecule has 0 aromatic heterocycles. The lowest BCUT2D eigenvalue weighted by Crippen LogP contribution is -2.46. The molecule has 48 heavy (non-hydrogen) atoms. The lowest BCUT2D eigenvalue weighted by molar-refractivity contribution is -0.870. The number of allylic oxidation sites excluding steroid dienone is 2. The van der Waals surface area contributed by atoms with Crippen LogP contribution in [0.25, 0.3) is 0 Å². The van der Waals surface area contributed by atoms with Crippen molar-refractivity contribution < 1.29 is 32.9 Å². The van der Waals surface area contributed by atoms with Crippen LogP contribution in [0, 0.1) is 0 Å². The largest absolute Gasteiger partial charge is 0.472 e. The second-order valence-corrected chi connectivity index (χ2v) is 16.5. The van der Waals surface area contributed by atoms with Crippen molar-refractivity contribution in [3.63, 3.8) is 0 Å². The van der Waals surface area contributed by atoms with Crippen molar-refractivity contribution in [3.8, 4) is 0 Å². The van der Waals surface area contributed by atoms with Gasteiger partial charge in [-0.15, -0.1) is 0 Å². The summed E-state index contributed by atoms with van der Waals surface area (Å²) in [5, 5.41) is 13.9. The normalized spacial score (nSPS) is 14.7. The number of likely N-dealkylation sites (N-methyl/N-ethyl adjacent to an activating group) is 1. The third-order valence-electron chi connectivity index (χ3n) is 9.01. The fourth-order valence-corrected chi connectivity index (χ4v) is 6.47.